The Kier molecular flexibility index (Phi) is 5.87. The van der Waals surface area contributed by atoms with Gasteiger partial charge in [0.25, 0.3) is 0 Å². The maximum atomic E-state index is 12.5. The van der Waals surface area contributed by atoms with E-state index in [-0.39, 0.29) is 22.9 Å². The van der Waals surface area contributed by atoms with Crippen molar-refractivity contribution in [3.05, 3.63) is 54.1 Å². The van der Waals surface area contributed by atoms with Gasteiger partial charge in [0.15, 0.2) is 9.84 Å². The van der Waals surface area contributed by atoms with E-state index in [9.17, 15) is 16.8 Å². The SMILES string of the molecule is Cc1ccc(OCCN(C)S(=O)(=O)c2ccc(S(C)(=O)=O)cc2)cc1. The normalized spacial score (nSPS) is 12.3. The van der Waals surface area contributed by atoms with Crippen molar-refractivity contribution in [1.29, 1.82) is 0 Å². The molecule has 0 radical (unpaired) electrons. The Morgan fingerprint density at radius 1 is 0.880 bits per heavy atom. The molecule has 2 aromatic carbocycles. The van der Waals surface area contributed by atoms with Crippen LogP contribution in [0.15, 0.2) is 58.3 Å². The number of nitrogens with zero attached hydrogens (tertiary/aromatic N) is 1. The van der Waals surface area contributed by atoms with Gasteiger partial charge in [-0.2, -0.15) is 4.31 Å². The molecule has 0 aliphatic carbocycles. The first-order valence-corrected chi connectivity index (χ1v) is 10.9. The molecule has 8 heteroatoms. The van der Waals surface area contributed by atoms with Gasteiger partial charge >= 0.3 is 0 Å². The number of aryl methyl sites for hydroxylation is 1. The van der Waals surface area contributed by atoms with Crippen LogP contribution in [0.4, 0.5) is 0 Å². The van der Waals surface area contributed by atoms with E-state index < -0.39 is 19.9 Å². The summed E-state index contributed by atoms with van der Waals surface area (Å²) in [5, 5.41) is 0. The van der Waals surface area contributed by atoms with Crippen LogP contribution in [0.1, 0.15) is 5.56 Å². The number of sulfonamides is 1. The lowest BCUT2D eigenvalue weighted by Gasteiger charge is -2.17. The second kappa shape index (κ2) is 7.55. The van der Waals surface area contributed by atoms with Gasteiger partial charge in [-0.25, -0.2) is 16.8 Å². The Labute approximate surface area is 149 Å². The summed E-state index contributed by atoms with van der Waals surface area (Å²) in [4.78, 5) is 0.120. The predicted molar refractivity (Wildman–Crippen MR) is 96.0 cm³/mol. The highest BCUT2D eigenvalue weighted by atomic mass is 32.2. The molecule has 0 N–H and O–H groups in total. The summed E-state index contributed by atoms with van der Waals surface area (Å²) >= 11 is 0. The standard InChI is InChI=1S/C17H21NO5S2/c1-14-4-6-15(7-5-14)23-13-12-18(2)25(21,22)17-10-8-16(9-11-17)24(3,19)20/h4-11H,12-13H2,1-3H3. The van der Waals surface area contributed by atoms with Crippen molar-refractivity contribution in [2.45, 2.75) is 16.7 Å². The van der Waals surface area contributed by atoms with Crippen molar-refractivity contribution >= 4 is 19.9 Å². The maximum Gasteiger partial charge on any atom is 0.242 e. The highest BCUT2D eigenvalue weighted by molar-refractivity contribution is 7.90. The first kappa shape index (κ1) is 19.4. The van der Waals surface area contributed by atoms with Crippen molar-refractivity contribution in [3.8, 4) is 5.75 Å². The van der Waals surface area contributed by atoms with E-state index in [2.05, 4.69) is 0 Å². The molecule has 0 spiro atoms. The topological polar surface area (TPSA) is 80.8 Å². The summed E-state index contributed by atoms with van der Waals surface area (Å²) in [7, 11) is -5.61. The monoisotopic (exact) mass is 383 g/mol. The molecule has 0 unspecified atom stereocenters. The summed E-state index contributed by atoms with van der Waals surface area (Å²) in [6, 6.07) is 12.7. The van der Waals surface area contributed by atoms with Crippen molar-refractivity contribution in [1.82, 2.24) is 4.31 Å². The van der Waals surface area contributed by atoms with Crippen molar-refractivity contribution in [2.24, 2.45) is 0 Å². The third kappa shape index (κ3) is 5.04. The molecule has 2 aromatic rings. The van der Waals surface area contributed by atoms with Gasteiger partial charge in [0.1, 0.15) is 12.4 Å². The Balaban J connectivity index is 2.02. The molecular formula is C17H21NO5S2. The first-order valence-electron chi connectivity index (χ1n) is 7.56. The third-order valence-electron chi connectivity index (χ3n) is 3.66. The number of sulfone groups is 1. The summed E-state index contributed by atoms with van der Waals surface area (Å²) in [5.41, 5.74) is 1.12. The Hall–Kier alpha value is -1.90. The van der Waals surface area contributed by atoms with E-state index in [4.69, 9.17) is 4.74 Å². The predicted octanol–water partition coefficient (Wildman–Crippen LogP) is 2.10. The third-order valence-corrected chi connectivity index (χ3v) is 6.66. The number of ether oxygens (including phenoxy) is 1. The largest absolute Gasteiger partial charge is 0.492 e. The Bertz CT molecular complexity index is 918. The van der Waals surface area contributed by atoms with Gasteiger partial charge in [0.2, 0.25) is 10.0 Å². The number of benzene rings is 2. The number of hydrogen-bond acceptors (Lipinski definition) is 5. The van der Waals surface area contributed by atoms with Crippen LogP contribution < -0.4 is 4.74 Å². The zero-order valence-corrected chi connectivity index (χ0v) is 16.0. The van der Waals surface area contributed by atoms with Crippen LogP contribution in [0.25, 0.3) is 0 Å². The smallest absolute Gasteiger partial charge is 0.242 e. The second-order valence-corrected chi connectivity index (χ2v) is 9.79. The zero-order valence-electron chi connectivity index (χ0n) is 14.3. The van der Waals surface area contributed by atoms with Gasteiger partial charge in [-0.1, -0.05) is 17.7 Å². The lowest BCUT2D eigenvalue weighted by atomic mass is 10.2. The van der Waals surface area contributed by atoms with Crippen LogP contribution in [-0.2, 0) is 19.9 Å². The van der Waals surface area contributed by atoms with Crippen molar-refractivity contribution in [3.63, 3.8) is 0 Å². The van der Waals surface area contributed by atoms with Crippen molar-refractivity contribution in [2.75, 3.05) is 26.5 Å². The van der Waals surface area contributed by atoms with E-state index in [0.29, 0.717) is 5.75 Å². The fraction of sp³-hybridized carbons (Fsp3) is 0.294. The minimum absolute atomic E-state index is 0.0396. The van der Waals surface area contributed by atoms with E-state index in [1.165, 1.54) is 35.6 Å². The minimum Gasteiger partial charge on any atom is -0.492 e. The highest BCUT2D eigenvalue weighted by Crippen LogP contribution is 2.18. The zero-order chi connectivity index (χ0) is 18.7. The van der Waals surface area contributed by atoms with Crippen LogP contribution in [-0.4, -0.2) is 47.6 Å². The molecule has 0 saturated carbocycles. The number of hydrogen-bond donors (Lipinski definition) is 0. The van der Waals surface area contributed by atoms with E-state index >= 15 is 0 Å². The van der Waals surface area contributed by atoms with Crippen LogP contribution in [0.3, 0.4) is 0 Å². The molecule has 25 heavy (non-hydrogen) atoms. The molecule has 0 saturated heterocycles. The molecular weight excluding hydrogens is 362 g/mol. The average molecular weight is 383 g/mol. The molecule has 2 rings (SSSR count). The van der Waals surface area contributed by atoms with Crippen LogP contribution >= 0.6 is 0 Å². The molecule has 0 heterocycles. The maximum absolute atomic E-state index is 12.5. The van der Waals surface area contributed by atoms with Crippen molar-refractivity contribution < 1.29 is 21.6 Å². The lowest BCUT2D eigenvalue weighted by Crippen LogP contribution is -2.31. The molecule has 0 aliphatic rings. The van der Waals surface area contributed by atoms with E-state index in [1.54, 1.807) is 0 Å². The van der Waals surface area contributed by atoms with Gasteiger partial charge in [0.05, 0.1) is 9.79 Å². The quantitative estimate of drug-likeness (QED) is 0.731. The van der Waals surface area contributed by atoms with Gasteiger partial charge in [0, 0.05) is 19.8 Å². The molecule has 6 nitrogen and oxygen atoms in total. The summed E-state index contributed by atoms with van der Waals surface area (Å²) in [6.45, 7) is 2.35. The fourth-order valence-corrected chi connectivity index (χ4v) is 3.87. The van der Waals surface area contributed by atoms with Crippen LogP contribution in [0, 0.1) is 6.92 Å². The van der Waals surface area contributed by atoms with Gasteiger partial charge in [-0.3, -0.25) is 0 Å². The summed E-state index contributed by atoms with van der Waals surface area (Å²) < 4.78 is 54.6. The highest BCUT2D eigenvalue weighted by Gasteiger charge is 2.21. The average Bonchev–Trinajstić information content (AvgIpc) is 2.56. The molecule has 0 bridgehead atoms. The summed E-state index contributed by atoms with van der Waals surface area (Å²) in [6.07, 6.45) is 1.07. The van der Waals surface area contributed by atoms with E-state index in [1.807, 2.05) is 31.2 Å². The van der Waals surface area contributed by atoms with Gasteiger partial charge in [-0.05, 0) is 43.3 Å². The Morgan fingerprint density at radius 2 is 1.40 bits per heavy atom. The van der Waals surface area contributed by atoms with Gasteiger partial charge < -0.3 is 4.74 Å². The molecule has 0 aliphatic heterocycles. The van der Waals surface area contributed by atoms with E-state index in [0.717, 1.165) is 11.8 Å². The molecule has 136 valence electrons. The van der Waals surface area contributed by atoms with Crippen LogP contribution in [0.5, 0.6) is 5.75 Å². The molecule has 0 atom stereocenters. The van der Waals surface area contributed by atoms with Gasteiger partial charge in [-0.15, -0.1) is 0 Å². The lowest BCUT2D eigenvalue weighted by molar-refractivity contribution is 0.287. The van der Waals surface area contributed by atoms with Crippen LogP contribution in [0.2, 0.25) is 0 Å². The fourth-order valence-electron chi connectivity index (χ4n) is 2.09. The molecule has 0 aromatic heterocycles. The number of likely N-dealkylation sites (N-methyl/N-ethyl adjacent to an activating group) is 1. The first-order chi connectivity index (χ1) is 11.6. The summed E-state index contributed by atoms with van der Waals surface area (Å²) in [5.74, 6) is 0.675. The molecule has 0 fully saturated rings. The Morgan fingerprint density at radius 3 is 1.92 bits per heavy atom. The second-order valence-electron chi connectivity index (χ2n) is 5.73. The minimum atomic E-state index is -3.70. The molecule has 0 amide bonds. The number of rotatable bonds is 7.